The van der Waals surface area contributed by atoms with E-state index in [0.29, 0.717) is 16.7 Å². The first-order chi connectivity index (χ1) is 15.8. The van der Waals surface area contributed by atoms with E-state index in [0.717, 1.165) is 6.07 Å². The van der Waals surface area contributed by atoms with Crippen LogP contribution in [-0.2, 0) is 16.1 Å². The van der Waals surface area contributed by atoms with E-state index in [9.17, 15) is 29.2 Å². The van der Waals surface area contributed by atoms with Crippen molar-refractivity contribution >= 4 is 23.1 Å². The number of aromatic nitrogens is 1. The second kappa shape index (κ2) is 8.62. The summed E-state index contributed by atoms with van der Waals surface area (Å²) in [7, 11) is 0. The van der Waals surface area contributed by atoms with Crippen molar-refractivity contribution < 1.29 is 24.0 Å². The molecule has 3 aromatic rings. The maximum absolute atomic E-state index is 14.1. The molecular formula is C24H18FN3O5. The molecule has 166 valence electrons. The molecule has 0 saturated carbocycles. The fourth-order valence-corrected chi connectivity index (χ4v) is 3.75. The number of nitrogens with zero attached hydrogens (tertiary/aromatic N) is 3. The van der Waals surface area contributed by atoms with Crippen molar-refractivity contribution in [2.75, 3.05) is 0 Å². The number of aliphatic hydroxyl groups is 1. The average molecular weight is 447 g/mol. The number of ketones is 1. The molecule has 4 rings (SSSR count). The smallest absolute Gasteiger partial charge is 0.295 e. The van der Waals surface area contributed by atoms with Crippen LogP contribution in [0.15, 0.2) is 72.6 Å². The number of aliphatic hydroxyl groups excluding tert-OH is 1. The number of hydrogen-bond donors (Lipinski definition) is 1. The summed E-state index contributed by atoms with van der Waals surface area (Å²) >= 11 is 0. The normalized spacial score (nSPS) is 17.4. The summed E-state index contributed by atoms with van der Waals surface area (Å²) in [6, 6.07) is 11.7. The molecule has 1 saturated heterocycles. The van der Waals surface area contributed by atoms with Gasteiger partial charge in [-0.25, -0.2) is 4.39 Å². The Hall–Kier alpha value is -4.40. The van der Waals surface area contributed by atoms with Crippen molar-refractivity contribution in [1.82, 2.24) is 9.88 Å². The highest BCUT2D eigenvalue weighted by atomic mass is 19.1. The lowest BCUT2D eigenvalue weighted by Gasteiger charge is -2.25. The zero-order valence-corrected chi connectivity index (χ0v) is 17.4. The zero-order chi connectivity index (χ0) is 23.7. The lowest BCUT2D eigenvalue weighted by Crippen LogP contribution is -2.29. The van der Waals surface area contributed by atoms with E-state index >= 15 is 0 Å². The van der Waals surface area contributed by atoms with E-state index in [1.165, 1.54) is 41.3 Å². The molecule has 1 aromatic heterocycles. The zero-order valence-electron chi connectivity index (χ0n) is 17.4. The predicted octanol–water partition coefficient (Wildman–Crippen LogP) is 4.06. The number of carbonyl (C=O) groups excluding carboxylic acids is 2. The summed E-state index contributed by atoms with van der Waals surface area (Å²) < 4.78 is 14.1. The quantitative estimate of drug-likeness (QED) is 0.207. The molecular weight excluding hydrogens is 429 g/mol. The molecule has 2 heterocycles. The van der Waals surface area contributed by atoms with Crippen LogP contribution < -0.4 is 0 Å². The van der Waals surface area contributed by atoms with Crippen LogP contribution in [0.1, 0.15) is 28.3 Å². The maximum Gasteiger partial charge on any atom is 0.295 e. The van der Waals surface area contributed by atoms with Gasteiger partial charge in [-0.15, -0.1) is 0 Å². The lowest BCUT2D eigenvalue weighted by atomic mass is 9.94. The predicted molar refractivity (Wildman–Crippen MR) is 116 cm³/mol. The molecule has 0 spiro atoms. The summed E-state index contributed by atoms with van der Waals surface area (Å²) in [5.41, 5.74) is 1.05. The second-order valence-electron chi connectivity index (χ2n) is 7.60. The van der Waals surface area contributed by atoms with Crippen LogP contribution in [0.4, 0.5) is 10.1 Å². The van der Waals surface area contributed by atoms with Gasteiger partial charge in [0.2, 0.25) is 0 Å². The summed E-state index contributed by atoms with van der Waals surface area (Å²) in [6.45, 7) is 1.57. The Morgan fingerprint density at radius 2 is 1.91 bits per heavy atom. The van der Waals surface area contributed by atoms with Crippen LogP contribution in [0, 0.1) is 22.9 Å². The molecule has 1 aliphatic rings. The third-order valence-corrected chi connectivity index (χ3v) is 5.48. The van der Waals surface area contributed by atoms with Gasteiger partial charge in [0, 0.05) is 36.6 Å². The Bertz CT molecular complexity index is 1290. The molecule has 8 nitrogen and oxygen atoms in total. The molecule has 0 aliphatic carbocycles. The Morgan fingerprint density at radius 3 is 2.52 bits per heavy atom. The van der Waals surface area contributed by atoms with Gasteiger partial charge in [-0.05, 0) is 47.9 Å². The first-order valence-corrected chi connectivity index (χ1v) is 9.96. The molecule has 1 amide bonds. The van der Waals surface area contributed by atoms with Crippen LogP contribution >= 0.6 is 0 Å². The van der Waals surface area contributed by atoms with Crippen LogP contribution in [0.25, 0.3) is 5.76 Å². The second-order valence-corrected chi connectivity index (χ2v) is 7.60. The highest BCUT2D eigenvalue weighted by Gasteiger charge is 2.46. The minimum Gasteiger partial charge on any atom is -0.507 e. The van der Waals surface area contributed by atoms with Crippen molar-refractivity contribution in [1.29, 1.82) is 0 Å². The van der Waals surface area contributed by atoms with E-state index in [1.807, 2.05) is 0 Å². The summed E-state index contributed by atoms with van der Waals surface area (Å²) in [4.78, 5) is 41.7. The van der Waals surface area contributed by atoms with Crippen molar-refractivity contribution in [2.24, 2.45) is 0 Å². The fourth-order valence-electron chi connectivity index (χ4n) is 3.75. The number of hydrogen-bond acceptors (Lipinski definition) is 6. The largest absolute Gasteiger partial charge is 0.507 e. The molecule has 1 fully saturated rings. The number of Topliss-reactive ketones (excluding diaryl/α,β-unsaturated/α-hetero) is 1. The van der Waals surface area contributed by atoms with Gasteiger partial charge >= 0.3 is 0 Å². The van der Waals surface area contributed by atoms with Crippen LogP contribution in [0.2, 0.25) is 0 Å². The Morgan fingerprint density at radius 1 is 1.18 bits per heavy atom. The molecule has 0 bridgehead atoms. The minimum atomic E-state index is -1.03. The number of non-ortho nitro benzene ring substituents is 1. The number of pyridine rings is 1. The Labute approximate surface area is 187 Å². The first-order valence-electron chi connectivity index (χ1n) is 9.96. The van der Waals surface area contributed by atoms with Gasteiger partial charge in [-0.3, -0.25) is 24.7 Å². The number of rotatable bonds is 5. The van der Waals surface area contributed by atoms with E-state index < -0.39 is 34.2 Å². The third kappa shape index (κ3) is 4.08. The molecule has 1 unspecified atom stereocenters. The monoisotopic (exact) mass is 447 g/mol. The lowest BCUT2D eigenvalue weighted by molar-refractivity contribution is -0.384. The standard InChI is InChI=1S/C24H18FN3O5/c1-14-4-5-17(11-19(14)25)22(29)20-21(16-6-8-18(9-7-16)28(32)33)27(24(31)23(20)30)13-15-3-2-10-26-12-15/h2-12,21,29H,13H2,1H3/b22-20+. The van der Waals surface area contributed by atoms with Crippen LogP contribution in [0.3, 0.4) is 0 Å². The van der Waals surface area contributed by atoms with Gasteiger partial charge in [0.15, 0.2) is 0 Å². The van der Waals surface area contributed by atoms with E-state index in [2.05, 4.69) is 4.98 Å². The van der Waals surface area contributed by atoms with E-state index in [4.69, 9.17) is 0 Å². The van der Waals surface area contributed by atoms with E-state index in [-0.39, 0.29) is 23.4 Å². The van der Waals surface area contributed by atoms with Gasteiger partial charge in [0.25, 0.3) is 17.4 Å². The van der Waals surface area contributed by atoms with Crippen LogP contribution in [0.5, 0.6) is 0 Å². The first kappa shape index (κ1) is 21.8. The minimum absolute atomic E-state index is 0.0130. The van der Waals surface area contributed by atoms with Gasteiger partial charge < -0.3 is 10.0 Å². The number of benzene rings is 2. The van der Waals surface area contributed by atoms with Crippen LogP contribution in [-0.4, -0.2) is 31.6 Å². The molecule has 1 aliphatic heterocycles. The number of nitro benzene ring substituents is 1. The Kier molecular flexibility index (Phi) is 5.70. The van der Waals surface area contributed by atoms with Gasteiger partial charge in [-0.1, -0.05) is 18.2 Å². The van der Waals surface area contributed by atoms with Gasteiger partial charge in [-0.2, -0.15) is 0 Å². The maximum atomic E-state index is 14.1. The average Bonchev–Trinajstić information content (AvgIpc) is 3.06. The van der Waals surface area contributed by atoms with Gasteiger partial charge in [0.05, 0.1) is 16.5 Å². The summed E-state index contributed by atoms with van der Waals surface area (Å²) in [5.74, 6) is -2.88. The SMILES string of the molecule is Cc1ccc(/C(O)=C2\C(=O)C(=O)N(Cc3cccnc3)C2c2ccc([N+](=O)[O-])cc2)cc1F. The number of halogens is 1. The highest BCUT2D eigenvalue weighted by molar-refractivity contribution is 6.46. The highest BCUT2D eigenvalue weighted by Crippen LogP contribution is 2.40. The molecule has 0 radical (unpaired) electrons. The topological polar surface area (TPSA) is 114 Å². The van der Waals surface area contributed by atoms with Crippen molar-refractivity contribution in [3.05, 3.63) is 111 Å². The van der Waals surface area contributed by atoms with Gasteiger partial charge in [0.1, 0.15) is 11.6 Å². The van der Waals surface area contributed by atoms with E-state index in [1.54, 1.807) is 31.5 Å². The van der Waals surface area contributed by atoms with Crippen molar-refractivity contribution in [3.8, 4) is 0 Å². The number of nitro groups is 1. The molecule has 33 heavy (non-hydrogen) atoms. The summed E-state index contributed by atoms with van der Waals surface area (Å²) in [6.07, 6.45) is 3.11. The third-order valence-electron chi connectivity index (χ3n) is 5.48. The fraction of sp³-hybridized carbons (Fsp3) is 0.125. The number of likely N-dealkylation sites (tertiary alicyclic amines) is 1. The molecule has 1 N–H and O–H groups in total. The number of aryl methyl sites for hydroxylation is 1. The number of amides is 1. The summed E-state index contributed by atoms with van der Waals surface area (Å²) in [5, 5.41) is 22.0. The molecule has 1 atom stereocenters. The van der Waals surface area contributed by atoms with Crippen molar-refractivity contribution in [2.45, 2.75) is 19.5 Å². The number of carbonyl (C=O) groups is 2. The Balaban J connectivity index is 1.87. The van der Waals surface area contributed by atoms with Crippen molar-refractivity contribution in [3.63, 3.8) is 0 Å². The molecule has 2 aromatic carbocycles. The molecule has 9 heteroatoms.